The average molecular weight is 264 g/mol. The van der Waals surface area contributed by atoms with E-state index in [9.17, 15) is 4.79 Å². The van der Waals surface area contributed by atoms with Crippen molar-refractivity contribution in [2.45, 2.75) is 75.2 Å². The Kier molecular flexibility index (Phi) is 5.63. The van der Waals surface area contributed by atoms with Gasteiger partial charge in [0.25, 0.3) is 0 Å². The number of fused-ring (bicyclic) bond motifs is 2. The van der Waals surface area contributed by atoms with Crippen molar-refractivity contribution >= 4 is 17.5 Å². The minimum atomic E-state index is 0.327. The number of rotatable bonds is 5. The summed E-state index contributed by atoms with van der Waals surface area (Å²) in [5, 5.41) is 1.55. The molecule has 2 atom stereocenters. The van der Waals surface area contributed by atoms with Gasteiger partial charge in [0.2, 0.25) is 0 Å². The molecule has 0 amide bonds. The van der Waals surface area contributed by atoms with Gasteiger partial charge < -0.3 is 0 Å². The molecular formula is C16H24OS. The maximum atomic E-state index is 12.1. The molecule has 2 rings (SSSR count). The number of unbranched alkanes of at least 4 members (excludes halogenated alkanes) is 3. The Balaban J connectivity index is 1.68. The topological polar surface area (TPSA) is 17.1 Å². The minimum absolute atomic E-state index is 0.327. The van der Waals surface area contributed by atoms with Gasteiger partial charge in [-0.3, -0.25) is 4.79 Å². The summed E-state index contributed by atoms with van der Waals surface area (Å²) in [6, 6.07) is 0. The molecule has 0 aliphatic carbocycles. The summed E-state index contributed by atoms with van der Waals surface area (Å²) in [4.78, 5) is 12.1. The predicted octanol–water partition coefficient (Wildman–Crippen LogP) is 4.20. The molecule has 0 spiro atoms. The molecule has 2 heteroatoms. The van der Waals surface area contributed by atoms with Gasteiger partial charge >= 0.3 is 0 Å². The fourth-order valence-electron chi connectivity index (χ4n) is 2.97. The fraction of sp³-hybridized carbons (Fsp3) is 0.812. The summed E-state index contributed by atoms with van der Waals surface area (Å²) in [5.74, 6) is 6.98. The van der Waals surface area contributed by atoms with Crippen LogP contribution in [0.1, 0.15) is 64.7 Å². The van der Waals surface area contributed by atoms with Crippen LogP contribution in [0.5, 0.6) is 0 Å². The number of hydrogen-bond acceptors (Lipinski definition) is 2. The summed E-state index contributed by atoms with van der Waals surface area (Å²) in [7, 11) is 0. The van der Waals surface area contributed by atoms with Crippen molar-refractivity contribution in [2.75, 3.05) is 0 Å². The smallest absolute Gasteiger partial charge is 0.147 e. The van der Waals surface area contributed by atoms with Crippen LogP contribution in [0.15, 0.2) is 0 Å². The van der Waals surface area contributed by atoms with Crippen LogP contribution >= 0.6 is 11.8 Å². The molecule has 2 bridgehead atoms. The molecule has 2 saturated heterocycles. The molecule has 2 aliphatic heterocycles. The van der Waals surface area contributed by atoms with Crippen LogP contribution in [-0.4, -0.2) is 16.3 Å². The van der Waals surface area contributed by atoms with Crippen LogP contribution in [0.25, 0.3) is 0 Å². The van der Waals surface area contributed by atoms with Crippen LogP contribution in [0.4, 0.5) is 0 Å². The van der Waals surface area contributed by atoms with Crippen molar-refractivity contribution in [3.63, 3.8) is 0 Å². The highest BCUT2D eigenvalue weighted by Gasteiger charge is 2.37. The normalized spacial score (nSPS) is 29.7. The molecule has 2 heterocycles. The highest BCUT2D eigenvalue weighted by Crippen LogP contribution is 2.46. The van der Waals surface area contributed by atoms with E-state index in [4.69, 9.17) is 0 Å². The Morgan fingerprint density at radius 1 is 1.17 bits per heavy atom. The number of ketones is 1. The van der Waals surface area contributed by atoms with Crippen LogP contribution in [0.3, 0.4) is 0 Å². The maximum absolute atomic E-state index is 12.1. The Bertz CT molecular complexity index is 327. The largest absolute Gasteiger partial charge is 0.298 e. The van der Waals surface area contributed by atoms with Crippen LogP contribution in [0.2, 0.25) is 0 Å². The zero-order valence-electron chi connectivity index (χ0n) is 11.4. The third-order valence-electron chi connectivity index (χ3n) is 4.04. The van der Waals surface area contributed by atoms with E-state index in [0.717, 1.165) is 29.8 Å². The first kappa shape index (κ1) is 14.0. The van der Waals surface area contributed by atoms with Crippen molar-refractivity contribution < 1.29 is 4.79 Å². The number of carbonyl (C=O) groups is 1. The van der Waals surface area contributed by atoms with Gasteiger partial charge in [-0.1, -0.05) is 25.7 Å². The lowest BCUT2D eigenvalue weighted by molar-refractivity contribution is -0.122. The van der Waals surface area contributed by atoms with Crippen molar-refractivity contribution in [3.8, 4) is 11.8 Å². The SMILES string of the molecule is CCCCCC#CCC(=O)C1CC2CCC(C1)S2. The van der Waals surface area contributed by atoms with E-state index >= 15 is 0 Å². The van der Waals surface area contributed by atoms with Gasteiger partial charge in [0, 0.05) is 22.8 Å². The molecule has 0 N–H and O–H groups in total. The van der Waals surface area contributed by atoms with Crippen LogP contribution < -0.4 is 0 Å². The molecule has 1 nitrogen and oxygen atoms in total. The second-order valence-corrected chi connectivity index (χ2v) is 7.19. The first-order valence-electron chi connectivity index (χ1n) is 7.43. The third-order valence-corrected chi connectivity index (χ3v) is 5.66. The van der Waals surface area contributed by atoms with Gasteiger partial charge in [-0.25, -0.2) is 0 Å². The molecule has 0 radical (unpaired) electrons. The zero-order chi connectivity index (χ0) is 12.8. The molecule has 0 saturated carbocycles. The zero-order valence-corrected chi connectivity index (χ0v) is 12.2. The Hall–Kier alpha value is -0.420. The van der Waals surface area contributed by atoms with E-state index in [0.29, 0.717) is 18.1 Å². The highest BCUT2D eigenvalue weighted by molar-refractivity contribution is 8.00. The molecular weight excluding hydrogens is 240 g/mol. The molecule has 18 heavy (non-hydrogen) atoms. The quantitative estimate of drug-likeness (QED) is 0.547. The summed E-state index contributed by atoms with van der Waals surface area (Å²) in [6.07, 6.45) is 10.1. The van der Waals surface area contributed by atoms with E-state index in [1.165, 1.54) is 32.1 Å². The van der Waals surface area contributed by atoms with Crippen molar-refractivity contribution in [2.24, 2.45) is 5.92 Å². The van der Waals surface area contributed by atoms with Gasteiger partial charge in [0.1, 0.15) is 5.78 Å². The van der Waals surface area contributed by atoms with Crippen molar-refractivity contribution in [1.82, 2.24) is 0 Å². The first-order valence-corrected chi connectivity index (χ1v) is 8.37. The van der Waals surface area contributed by atoms with Gasteiger partial charge in [0.05, 0.1) is 6.42 Å². The summed E-state index contributed by atoms with van der Waals surface area (Å²) < 4.78 is 0. The van der Waals surface area contributed by atoms with Crippen LogP contribution in [0, 0.1) is 17.8 Å². The lowest BCUT2D eigenvalue weighted by atomic mass is 9.93. The first-order chi connectivity index (χ1) is 8.79. The molecule has 2 aliphatic rings. The number of thioether (sulfide) groups is 1. The van der Waals surface area contributed by atoms with E-state index in [-0.39, 0.29) is 0 Å². The van der Waals surface area contributed by atoms with Gasteiger partial charge in [-0.15, -0.1) is 5.92 Å². The molecule has 2 unspecified atom stereocenters. The predicted molar refractivity (Wildman–Crippen MR) is 78.7 cm³/mol. The average Bonchev–Trinajstić information content (AvgIpc) is 2.72. The van der Waals surface area contributed by atoms with E-state index in [1.54, 1.807) is 0 Å². The number of hydrogen-bond donors (Lipinski definition) is 0. The van der Waals surface area contributed by atoms with Crippen molar-refractivity contribution in [1.29, 1.82) is 0 Å². The second-order valence-electron chi connectivity index (χ2n) is 5.58. The Morgan fingerprint density at radius 3 is 2.56 bits per heavy atom. The van der Waals surface area contributed by atoms with E-state index in [2.05, 4.69) is 30.5 Å². The van der Waals surface area contributed by atoms with Crippen LogP contribution in [-0.2, 0) is 4.79 Å². The maximum Gasteiger partial charge on any atom is 0.147 e. The Labute approximate surface area is 115 Å². The summed E-state index contributed by atoms with van der Waals surface area (Å²) >= 11 is 2.12. The fourth-order valence-corrected chi connectivity index (χ4v) is 4.74. The second kappa shape index (κ2) is 7.24. The van der Waals surface area contributed by atoms with Crippen molar-refractivity contribution in [3.05, 3.63) is 0 Å². The summed E-state index contributed by atoms with van der Waals surface area (Å²) in [6.45, 7) is 2.20. The molecule has 0 aromatic heterocycles. The lowest BCUT2D eigenvalue weighted by Gasteiger charge is -2.25. The van der Waals surface area contributed by atoms with Gasteiger partial charge in [-0.05, 0) is 32.1 Å². The van der Waals surface area contributed by atoms with E-state index in [1.807, 2.05) is 0 Å². The minimum Gasteiger partial charge on any atom is -0.298 e. The molecule has 0 aromatic rings. The molecule has 2 fully saturated rings. The number of Topliss-reactive ketones (excluding diaryl/α,β-unsaturated/α-hetero) is 1. The van der Waals surface area contributed by atoms with E-state index < -0.39 is 0 Å². The van der Waals surface area contributed by atoms with Gasteiger partial charge in [0.15, 0.2) is 0 Å². The summed E-state index contributed by atoms with van der Waals surface area (Å²) in [5.41, 5.74) is 0. The third kappa shape index (κ3) is 4.05. The molecule has 100 valence electrons. The monoisotopic (exact) mass is 264 g/mol. The lowest BCUT2D eigenvalue weighted by Crippen LogP contribution is -2.24. The highest BCUT2D eigenvalue weighted by atomic mass is 32.2. The number of carbonyl (C=O) groups excluding carboxylic acids is 1. The Morgan fingerprint density at radius 2 is 1.89 bits per heavy atom. The van der Waals surface area contributed by atoms with Gasteiger partial charge in [-0.2, -0.15) is 11.8 Å². The standard InChI is InChI=1S/C16H24OS/c1-2-3-4-5-6-7-8-16(17)13-11-14-9-10-15(12-13)18-14/h13-15H,2-5,8-12H2,1H3. The molecule has 0 aromatic carbocycles.